The van der Waals surface area contributed by atoms with Crippen LogP contribution in [0.25, 0.3) is 0 Å². The molecule has 11 heteroatoms. The number of thioether (sulfide) groups is 1. The first-order valence-corrected chi connectivity index (χ1v) is 14.1. The minimum Gasteiger partial charge on any atom is -0.392 e. The number of aliphatic hydroxyl groups is 1. The van der Waals surface area contributed by atoms with Crippen LogP contribution in [0.15, 0.2) is 60.0 Å². The van der Waals surface area contributed by atoms with Crippen molar-refractivity contribution in [3.05, 3.63) is 71.5 Å². The Hall–Kier alpha value is -3.25. The summed E-state index contributed by atoms with van der Waals surface area (Å²) in [5, 5.41) is 22.6. The fraction of sp³-hybridized carbons (Fsp3) is 0.429. The summed E-state index contributed by atoms with van der Waals surface area (Å²) in [4.78, 5) is 27.4. The van der Waals surface area contributed by atoms with Crippen LogP contribution in [0.5, 0.6) is 0 Å². The molecule has 2 amide bonds. The van der Waals surface area contributed by atoms with E-state index in [0.29, 0.717) is 30.8 Å². The van der Waals surface area contributed by atoms with Gasteiger partial charge in [-0.15, -0.1) is 0 Å². The lowest BCUT2D eigenvalue weighted by Gasteiger charge is -2.36. The van der Waals surface area contributed by atoms with E-state index in [0.717, 1.165) is 41.1 Å². The first-order chi connectivity index (χ1) is 19.0. The summed E-state index contributed by atoms with van der Waals surface area (Å²) in [6, 6.07) is 15.3. The molecule has 4 N–H and O–H groups in total. The van der Waals surface area contributed by atoms with Gasteiger partial charge < -0.3 is 25.2 Å². The van der Waals surface area contributed by atoms with Crippen LogP contribution >= 0.6 is 11.8 Å². The molecular formula is C28H35N5O5S. The maximum atomic E-state index is 12.3. The lowest BCUT2D eigenvalue weighted by atomic mass is 10.0. The topological polar surface area (TPSA) is 138 Å². The van der Waals surface area contributed by atoms with E-state index < -0.39 is 6.29 Å². The highest BCUT2D eigenvalue weighted by Gasteiger charge is 2.32. The number of rotatable bonds is 13. The number of unbranched alkanes of at least 4 members (excludes halogenated alkanes) is 2. The summed E-state index contributed by atoms with van der Waals surface area (Å²) in [5.41, 5.74) is 3.45. The molecule has 0 radical (unpaired) electrons. The molecule has 3 unspecified atom stereocenters. The Balaban J connectivity index is 1.34. The third-order valence-corrected chi connectivity index (χ3v) is 7.34. The summed E-state index contributed by atoms with van der Waals surface area (Å²) < 4.78 is 12.7. The number of amides is 2. The van der Waals surface area contributed by atoms with E-state index in [1.165, 1.54) is 13.3 Å². The molecule has 0 bridgehead atoms. The Morgan fingerprint density at radius 1 is 1.05 bits per heavy atom. The summed E-state index contributed by atoms with van der Waals surface area (Å²) in [6.45, 7) is 2.13. The highest BCUT2D eigenvalue weighted by atomic mass is 32.2. The molecule has 1 aliphatic heterocycles. The van der Waals surface area contributed by atoms with Crippen LogP contribution in [0, 0.1) is 0 Å². The average Bonchev–Trinajstić information content (AvgIpc) is 3.48. The van der Waals surface area contributed by atoms with Gasteiger partial charge in [0.1, 0.15) is 6.33 Å². The van der Waals surface area contributed by atoms with E-state index in [9.17, 15) is 14.7 Å². The van der Waals surface area contributed by atoms with Crippen molar-refractivity contribution in [1.29, 1.82) is 0 Å². The van der Waals surface area contributed by atoms with Gasteiger partial charge in [0.25, 0.3) is 0 Å². The van der Waals surface area contributed by atoms with E-state index in [1.54, 1.807) is 11.8 Å². The summed E-state index contributed by atoms with van der Waals surface area (Å²) >= 11 is 1.55. The Bertz CT molecular complexity index is 1170. The van der Waals surface area contributed by atoms with E-state index in [-0.39, 0.29) is 30.6 Å². The molecule has 0 spiro atoms. The number of H-pyrrole nitrogens is 1. The van der Waals surface area contributed by atoms with Crippen LogP contribution in [0.2, 0.25) is 0 Å². The second kappa shape index (κ2) is 14.8. The number of aromatic nitrogens is 3. The molecule has 2 heterocycles. The summed E-state index contributed by atoms with van der Waals surface area (Å²) in [5.74, 6) is 0.607. The number of benzene rings is 2. The van der Waals surface area contributed by atoms with Crippen LogP contribution < -0.4 is 10.6 Å². The predicted octanol–water partition coefficient (Wildman–Crippen LogP) is 4.27. The van der Waals surface area contributed by atoms with Crippen molar-refractivity contribution in [2.24, 2.45) is 0 Å². The van der Waals surface area contributed by atoms with E-state index in [2.05, 4.69) is 25.8 Å². The van der Waals surface area contributed by atoms with Crippen LogP contribution in [-0.2, 0) is 25.7 Å². The quantitative estimate of drug-likeness (QED) is 0.182. The van der Waals surface area contributed by atoms with Gasteiger partial charge in [0.15, 0.2) is 11.4 Å². The molecule has 0 aliphatic carbocycles. The number of hydrogen-bond donors (Lipinski definition) is 4. The van der Waals surface area contributed by atoms with E-state index in [4.69, 9.17) is 9.47 Å². The van der Waals surface area contributed by atoms with Crippen molar-refractivity contribution in [3.63, 3.8) is 0 Å². The lowest BCUT2D eigenvalue weighted by Crippen LogP contribution is -2.31. The number of aromatic amines is 1. The van der Waals surface area contributed by atoms with E-state index in [1.807, 2.05) is 48.5 Å². The minimum atomic E-state index is -0.574. The highest BCUT2D eigenvalue weighted by Crippen LogP contribution is 2.39. The number of carbonyl (C=O) groups is 2. The number of aliphatic hydroxyl groups excluding tert-OH is 1. The minimum absolute atomic E-state index is 0.00449. The molecule has 10 nitrogen and oxygen atoms in total. The van der Waals surface area contributed by atoms with Gasteiger partial charge in [-0.2, -0.15) is 5.10 Å². The third-order valence-electron chi connectivity index (χ3n) is 6.33. The number of hydrogen-bond acceptors (Lipinski definition) is 8. The fourth-order valence-corrected chi connectivity index (χ4v) is 5.05. The lowest BCUT2D eigenvalue weighted by molar-refractivity contribution is -0.245. The van der Waals surface area contributed by atoms with Crippen molar-refractivity contribution in [3.8, 4) is 0 Å². The molecule has 4 rings (SSSR count). The van der Waals surface area contributed by atoms with Crippen molar-refractivity contribution in [1.82, 2.24) is 20.5 Å². The second-order valence-corrected chi connectivity index (χ2v) is 10.4. The van der Waals surface area contributed by atoms with Gasteiger partial charge in [-0.3, -0.25) is 14.7 Å². The van der Waals surface area contributed by atoms with Gasteiger partial charge in [-0.05, 0) is 36.1 Å². The normalized spacial score (nSPS) is 19.0. The van der Waals surface area contributed by atoms with Gasteiger partial charge in [-0.25, -0.2) is 4.98 Å². The van der Waals surface area contributed by atoms with Crippen molar-refractivity contribution >= 4 is 29.3 Å². The molecule has 1 aromatic heterocycles. The maximum Gasteiger partial charge on any atom is 0.224 e. The number of anilines is 1. The van der Waals surface area contributed by atoms with Gasteiger partial charge in [0.2, 0.25) is 11.8 Å². The van der Waals surface area contributed by atoms with Crippen molar-refractivity contribution in [2.75, 3.05) is 17.6 Å². The summed E-state index contributed by atoms with van der Waals surface area (Å²) in [7, 11) is 0. The number of nitrogens with one attached hydrogen (secondary N) is 3. The van der Waals surface area contributed by atoms with E-state index >= 15 is 0 Å². The van der Waals surface area contributed by atoms with Crippen LogP contribution in [-0.4, -0.2) is 50.5 Å². The predicted molar refractivity (Wildman–Crippen MR) is 148 cm³/mol. The Morgan fingerprint density at radius 2 is 1.82 bits per heavy atom. The van der Waals surface area contributed by atoms with Crippen molar-refractivity contribution < 1.29 is 24.2 Å². The molecule has 39 heavy (non-hydrogen) atoms. The first kappa shape index (κ1) is 28.8. The molecule has 3 atom stereocenters. The van der Waals surface area contributed by atoms with Gasteiger partial charge >= 0.3 is 0 Å². The van der Waals surface area contributed by atoms with Crippen LogP contribution in [0.1, 0.15) is 68.1 Å². The molecule has 208 valence electrons. The number of nitrogens with zero attached hydrogens (tertiary/aromatic N) is 2. The Labute approximate surface area is 232 Å². The third kappa shape index (κ3) is 9.17. The summed E-state index contributed by atoms with van der Waals surface area (Å²) in [6.07, 6.45) is 4.24. The molecular weight excluding hydrogens is 518 g/mol. The molecule has 1 saturated heterocycles. The number of carbonyl (C=O) groups excluding carboxylic acids is 2. The first-order valence-electron chi connectivity index (χ1n) is 13.1. The molecule has 1 aliphatic rings. The zero-order valence-electron chi connectivity index (χ0n) is 22.0. The maximum absolute atomic E-state index is 12.3. The van der Waals surface area contributed by atoms with Crippen molar-refractivity contribution in [2.45, 2.75) is 69.3 Å². The SMILES string of the molecule is CC(=O)NCCCCCC(=O)Nc1ccc(C2OC(CSc3ncn[nH]3)CC(c3ccc(CO)cc3)O2)cc1. The molecule has 2 aromatic carbocycles. The van der Waals surface area contributed by atoms with Gasteiger partial charge in [0, 0.05) is 43.3 Å². The number of ether oxygens (including phenoxy) is 2. The van der Waals surface area contributed by atoms with Gasteiger partial charge in [0.05, 0.1) is 18.8 Å². The van der Waals surface area contributed by atoms with Crippen LogP contribution in [0.3, 0.4) is 0 Å². The average molecular weight is 554 g/mol. The molecule has 0 saturated carbocycles. The smallest absolute Gasteiger partial charge is 0.224 e. The largest absolute Gasteiger partial charge is 0.392 e. The second-order valence-electron chi connectivity index (χ2n) is 9.42. The molecule has 3 aromatic rings. The zero-order chi connectivity index (χ0) is 27.5. The fourth-order valence-electron chi connectivity index (χ4n) is 4.26. The zero-order valence-corrected chi connectivity index (χ0v) is 22.8. The van der Waals surface area contributed by atoms with Crippen LogP contribution in [0.4, 0.5) is 5.69 Å². The highest BCUT2D eigenvalue weighted by molar-refractivity contribution is 7.99. The monoisotopic (exact) mass is 553 g/mol. The Morgan fingerprint density at radius 3 is 2.51 bits per heavy atom. The van der Waals surface area contributed by atoms with Gasteiger partial charge in [-0.1, -0.05) is 54.6 Å². The molecule has 1 fully saturated rings. The standard InChI is InChI=1S/C28H35N5O5S/c1-19(35)29-14-4-2-3-5-26(36)32-23-12-10-22(11-13-23)27-37-24(17-39-28-30-18-31-33-28)15-25(38-27)21-8-6-20(16-34)7-9-21/h6-13,18,24-25,27,34H,2-5,14-17H2,1H3,(H,29,35)(H,32,36)(H,30,31,33). The Kier molecular flexibility index (Phi) is 10.9.